The number of H-pyrrole nitrogens is 1. The number of nitrogens with one attached hydrogen (secondary N) is 2. The molecule has 0 saturated carbocycles. The van der Waals surface area contributed by atoms with Crippen LogP contribution in [0, 0.1) is 0 Å². The highest BCUT2D eigenvalue weighted by atomic mass is 16.3. The Hall–Kier alpha value is -3.71. The number of benzene rings is 2. The van der Waals surface area contributed by atoms with Gasteiger partial charge in [0.05, 0.1) is 11.9 Å². The van der Waals surface area contributed by atoms with E-state index in [0.717, 1.165) is 16.8 Å². The van der Waals surface area contributed by atoms with Crippen molar-refractivity contribution in [3.63, 3.8) is 0 Å². The molecule has 3 N–H and O–H groups in total. The molecular formula is C21H19N5O2. The third-order valence-corrected chi connectivity index (χ3v) is 4.34. The number of para-hydroxylation sites is 1. The number of carbonyl (C=O) groups excluding carboxylic acids is 1. The molecule has 7 nitrogen and oxygen atoms in total. The van der Waals surface area contributed by atoms with Crippen molar-refractivity contribution >= 4 is 11.9 Å². The van der Waals surface area contributed by atoms with Crippen LogP contribution in [0.1, 0.15) is 16.1 Å². The van der Waals surface area contributed by atoms with Crippen LogP contribution in [-0.2, 0) is 6.42 Å². The summed E-state index contributed by atoms with van der Waals surface area (Å²) in [5.74, 6) is 0.150. The summed E-state index contributed by atoms with van der Waals surface area (Å²) in [5, 5.41) is 18.8. The van der Waals surface area contributed by atoms with Crippen LogP contribution in [0.15, 0.2) is 73.2 Å². The highest BCUT2D eigenvalue weighted by molar-refractivity contribution is 6.04. The largest absolute Gasteiger partial charge is 0.396 e. The van der Waals surface area contributed by atoms with Crippen LogP contribution >= 0.6 is 0 Å². The van der Waals surface area contributed by atoms with E-state index < -0.39 is 0 Å². The van der Waals surface area contributed by atoms with Crippen LogP contribution in [0.4, 0.5) is 5.95 Å². The summed E-state index contributed by atoms with van der Waals surface area (Å²) in [6, 6.07) is 16.9. The zero-order valence-corrected chi connectivity index (χ0v) is 15.0. The summed E-state index contributed by atoms with van der Waals surface area (Å²) in [6.07, 6.45) is 5.72. The minimum Gasteiger partial charge on any atom is -0.396 e. The minimum atomic E-state index is -0.260. The monoisotopic (exact) mass is 373 g/mol. The molecule has 4 rings (SSSR count). The molecule has 4 aromatic rings. The van der Waals surface area contributed by atoms with Gasteiger partial charge in [0.1, 0.15) is 0 Å². The quantitative estimate of drug-likeness (QED) is 0.484. The number of hydrogen-bond donors (Lipinski definition) is 3. The van der Waals surface area contributed by atoms with Gasteiger partial charge in [-0.25, -0.2) is 4.98 Å². The van der Waals surface area contributed by atoms with E-state index in [9.17, 15) is 9.90 Å². The smallest absolute Gasteiger partial charge is 0.258 e. The molecule has 1 amide bonds. The number of aliphatic hydroxyl groups excluding tert-OH is 1. The summed E-state index contributed by atoms with van der Waals surface area (Å²) >= 11 is 0. The Morgan fingerprint density at radius 2 is 1.96 bits per heavy atom. The Bertz CT molecular complexity index is 1070. The van der Waals surface area contributed by atoms with Gasteiger partial charge in [0.25, 0.3) is 5.91 Å². The predicted molar refractivity (Wildman–Crippen MR) is 106 cm³/mol. The van der Waals surface area contributed by atoms with Gasteiger partial charge >= 0.3 is 0 Å². The molecule has 0 bridgehead atoms. The van der Waals surface area contributed by atoms with E-state index in [0.29, 0.717) is 23.6 Å². The van der Waals surface area contributed by atoms with Gasteiger partial charge in [-0.2, -0.15) is 5.10 Å². The molecular weight excluding hydrogens is 354 g/mol. The summed E-state index contributed by atoms with van der Waals surface area (Å²) in [4.78, 5) is 17.3. The fourth-order valence-electron chi connectivity index (χ4n) is 2.96. The fourth-order valence-corrected chi connectivity index (χ4v) is 2.96. The molecule has 2 aromatic heterocycles. The maximum absolute atomic E-state index is 12.8. The molecule has 0 aliphatic rings. The van der Waals surface area contributed by atoms with Gasteiger partial charge in [0.15, 0.2) is 0 Å². The van der Waals surface area contributed by atoms with Crippen LogP contribution in [0.3, 0.4) is 0 Å². The standard InChI is InChI=1S/C21H19N5O2/c27-10-9-18-14-26(19-7-2-1-3-8-19)21(24-18)25-20(28)16-6-4-5-15(11-16)17-12-22-23-13-17/h1-8,11-14,27H,9-10H2,(H,22,23)(H,24,25,28). The van der Waals surface area contributed by atoms with Gasteiger partial charge in [-0.15, -0.1) is 0 Å². The zero-order valence-electron chi connectivity index (χ0n) is 15.0. The summed E-state index contributed by atoms with van der Waals surface area (Å²) in [7, 11) is 0. The van der Waals surface area contributed by atoms with Crippen molar-refractivity contribution in [2.75, 3.05) is 11.9 Å². The average Bonchev–Trinajstić information content (AvgIpc) is 3.39. The third kappa shape index (κ3) is 3.70. The number of carbonyl (C=O) groups is 1. The molecule has 2 aromatic carbocycles. The Morgan fingerprint density at radius 3 is 2.71 bits per heavy atom. The number of aliphatic hydroxyl groups is 1. The molecule has 0 aliphatic carbocycles. The van der Waals surface area contributed by atoms with Crippen molar-refractivity contribution in [1.82, 2.24) is 19.7 Å². The molecule has 2 heterocycles. The Kier molecular flexibility index (Phi) is 4.99. The Morgan fingerprint density at radius 1 is 1.11 bits per heavy atom. The number of rotatable bonds is 6. The van der Waals surface area contributed by atoms with E-state index in [-0.39, 0.29) is 12.5 Å². The van der Waals surface area contributed by atoms with Crippen molar-refractivity contribution in [3.8, 4) is 16.8 Å². The van der Waals surface area contributed by atoms with E-state index in [1.54, 1.807) is 18.5 Å². The van der Waals surface area contributed by atoms with E-state index in [2.05, 4.69) is 20.5 Å². The molecule has 0 unspecified atom stereocenters. The molecule has 0 atom stereocenters. The third-order valence-electron chi connectivity index (χ3n) is 4.34. The van der Waals surface area contributed by atoms with Gasteiger partial charge in [-0.1, -0.05) is 30.3 Å². The first kappa shape index (κ1) is 17.7. The van der Waals surface area contributed by atoms with Crippen molar-refractivity contribution < 1.29 is 9.90 Å². The summed E-state index contributed by atoms with van der Waals surface area (Å²) in [6.45, 7) is -0.00800. The highest BCUT2D eigenvalue weighted by Gasteiger charge is 2.14. The lowest BCUT2D eigenvalue weighted by Crippen LogP contribution is -2.15. The van der Waals surface area contributed by atoms with Crippen LogP contribution in [0.5, 0.6) is 0 Å². The molecule has 0 radical (unpaired) electrons. The number of amides is 1. The van der Waals surface area contributed by atoms with Crippen LogP contribution in [-0.4, -0.2) is 37.4 Å². The molecule has 0 fully saturated rings. The topological polar surface area (TPSA) is 95.8 Å². The van der Waals surface area contributed by atoms with Gasteiger partial charge < -0.3 is 5.11 Å². The minimum absolute atomic E-state index is 0.00800. The van der Waals surface area contributed by atoms with Crippen LogP contribution in [0.2, 0.25) is 0 Å². The van der Waals surface area contributed by atoms with E-state index in [1.807, 2.05) is 59.3 Å². The van der Waals surface area contributed by atoms with E-state index >= 15 is 0 Å². The lowest BCUT2D eigenvalue weighted by atomic mass is 10.1. The lowest BCUT2D eigenvalue weighted by Gasteiger charge is -2.09. The average molecular weight is 373 g/mol. The maximum Gasteiger partial charge on any atom is 0.258 e. The van der Waals surface area contributed by atoms with Crippen molar-refractivity contribution in [3.05, 3.63) is 84.4 Å². The van der Waals surface area contributed by atoms with Gasteiger partial charge in [-0.3, -0.25) is 19.8 Å². The van der Waals surface area contributed by atoms with Crippen molar-refractivity contribution in [2.45, 2.75) is 6.42 Å². The molecule has 28 heavy (non-hydrogen) atoms. The molecule has 140 valence electrons. The Labute approximate surface area is 161 Å². The van der Waals surface area contributed by atoms with Gasteiger partial charge in [-0.05, 0) is 29.8 Å². The predicted octanol–water partition coefficient (Wildman–Crippen LogP) is 3.05. The number of imidazole rings is 1. The number of aromatic amines is 1. The first-order chi connectivity index (χ1) is 13.7. The van der Waals surface area contributed by atoms with Gasteiger partial charge in [0, 0.05) is 42.2 Å². The second kappa shape index (κ2) is 7.89. The highest BCUT2D eigenvalue weighted by Crippen LogP contribution is 2.21. The van der Waals surface area contributed by atoms with Crippen molar-refractivity contribution in [2.24, 2.45) is 0 Å². The normalized spacial score (nSPS) is 10.8. The second-order valence-electron chi connectivity index (χ2n) is 6.26. The fraction of sp³-hybridized carbons (Fsp3) is 0.0952. The first-order valence-electron chi connectivity index (χ1n) is 8.90. The molecule has 7 heteroatoms. The molecule has 0 aliphatic heterocycles. The number of nitrogens with zero attached hydrogens (tertiary/aromatic N) is 3. The Balaban J connectivity index is 1.64. The first-order valence-corrected chi connectivity index (χ1v) is 8.90. The SMILES string of the molecule is O=C(Nc1nc(CCO)cn1-c1ccccc1)c1cccc(-c2cn[nH]c2)c1. The van der Waals surface area contributed by atoms with Crippen LogP contribution in [0.25, 0.3) is 16.8 Å². The van der Waals surface area contributed by atoms with Crippen LogP contribution < -0.4 is 5.32 Å². The second-order valence-corrected chi connectivity index (χ2v) is 6.26. The van der Waals surface area contributed by atoms with Gasteiger partial charge in [0.2, 0.25) is 5.95 Å². The van der Waals surface area contributed by atoms with Crippen molar-refractivity contribution in [1.29, 1.82) is 0 Å². The number of hydrogen-bond acceptors (Lipinski definition) is 4. The molecule has 0 spiro atoms. The van der Waals surface area contributed by atoms with E-state index in [1.165, 1.54) is 0 Å². The maximum atomic E-state index is 12.8. The number of aromatic nitrogens is 4. The molecule has 0 saturated heterocycles. The number of anilines is 1. The lowest BCUT2D eigenvalue weighted by molar-refractivity contribution is 0.102. The summed E-state index contributed by atoms with van der Waals surface area (Å²) < 4.78 is 1.81. The zero-order chi connectivity index (χ0) is 19.3. The summed E-state index contributed by atoms with van der Waals surface area (Å²) in [5.41, 5.74) is 3.90. The van der Waals surface area contributed by atoms with E-state index in [4.69, 9.17) is 0 Å².